The maximum Gasteiger partial charge on any atom is 0.0430 e. The van der Waals surface area contributed by atoms with Gasteiger partial charge in [0.25, 0.3) is 0 Å². The maximum absolute atomic E-state index is 5.80. The molecule has 0 aliphatic rings. The van der Waals surface area contributed by atoms with Crippen molar-refractivity contribution in [1.29, 1.82) is 0 Å². The van der Waals surface area contributed by atoms with Crippen molar-refractivity contribution in [2.45, 2.75) is 27.3 Å². The zero-order chi connectivity index (χ0) is 14.5. The molecule has 0 aromatic heterocycles. The lowest BCUT2D eigenvalue weighted by Gasteiger charge is -2.26. The molecule has 2 rings (SSSR count). The number of aryl methyl sites for hydroxylation is 3. The molecule has 0 heterocycles. The van der Waals surface area contributed by atoms with Gasteiger partial charge in [-0.25, -0.2) is 0 Å². The summed E-state index contributed by atoms with van der Waals surface area (Å²) in [6.45, 7) is 8.88. The van der Waals surface area contributed by atoms with Crippen LogP contribution in [0.3, 0.4) is 0 Å². The van der Waals surface area contributed by atoms with Gasteiger partial charge in [-0.05, 0) is 43.5 Å². The summed E-state index contributed by atoms with van der Waals surface area (Å²) in [6.07, 6.45) is 0. The first-order valence-electron chi connectivity index (χ1n) is 7.18. The Bertz CT molecular complexity index is 575. The highest BCUT2D eigenvalue weighted by Gasteiger charge is 2.09. The Morgan fingerprint density at radius 1 is 0.950 bits per heavy atom. The van der Waals surface area contributed by atoms with E-state index in [0.717, 1.165) is 13.1 Å². The van der Waals surface area contributed by atoms with E-state index in [4.69, 9.17) is 5.73 Å². The van der Waals surface area contributed by atoms with Crippen molar-refractivity contribution < 1.29 is 0 Å². The molecule has 0 aliphatic carbocycles. The fraction of sp³-hybridized carbons (Fsp3) is 0.333. The van der Waals surface area contributed by atoms with Gasteiger partial charge in [-0.1, -0.05) is 42.0 Å². The monoisotopic (exact) mass is 268 g/mol. The van der Waals surface area contributed by atoms with E-state index in [-0.39, 0.29) is 0 Å². The molecule has 20 heavy (non-hydrogen) atoms. The van der Waals surface area contributed by atoms with Crippen LogP contribution in [0.25, 0.3) is 0 Å². The average molecular weight is 268 g/mol. The molecule has 2 nitrogen and oxygen atoms in total. The highest BCUT2D eigenvalue weighted by atomic mass is 15.1. The molecule has 0 spiro atoms. The minimum Gasteiger partial charge on any atom is -0.366 e. The van der Waals surface area contributed by atoms with Gasteiger partial charge in [-0.2, -0.15) is 0 Å². The highest BCUT2D eigenvalue weighted by Crippen LogP contribution is 2.23. The Balaban J connectivity index is 2.29. The van der Waals surface area contributed by atoms with Crippen LogP contribution in [0.4, 0.5) is 5.69 Å². The molecule has 0 unspecified atom stereocenters. The van der Waals surface area contributed by atoms with E-state index in [9.17, 15) is 0 Å². The Kier molecular flexibility index (Phi) is 4.80. The number of anilines is 1. The first-order valence-corrected chi connectivity index (χ1v) is 7.18. The third-order valence-electron chi connectivity index (χ3n) is 3.56. The third kappa shape index (κ3) is 3.61. The molecule has 2 aromatic rings. The van der Waals surface area contributed by atoms with Crippen LogP contribution in [0.1, 0.15) is 22.3 Å². The molecular weight excluding hydrogens is 244 g/mol. The van der Waals surface area contributed by atoms with E-state index in [2.05, 4.69) is 68.1 Å². The van der Waals surface area contributed by atoms with Crippen molar-refractivity contribution in [3.05, 3.63) is 64.7 Å². The molecule has 0 aliphatic heterocycles. The van der Waals surface area contributed by atoms with Gasteiger partial charge in [-0.3, -0.25) is 0 Å². The topological polar surface area (TPSA) is 29.3 Å². The van der Waals surface area contributed by atoms with Gasteiger partial charge in [0.1, 0.15) is 0 Å². The molecule has 106 valence electrons. The minimum atomic E-state index is 0.666. The predicted molar refractivity (Wildman–Crippen MR) is 87.2 cm³/mol. The highest BCUT2D eigenvalue weighted by molar-refractivity contribution is 5.55. The molecule has 0 atom stereocenters. The van der Waals surface area contributed by atoms with Gasteiger partial charge in [-0.15, -0.1) is 0 Å². The number of rotatable bonds is 5. The summed E-state index contributed by atoms with van der Waals surface area (Å²) in [5, 5.41) is 0. The number of nitrogens with zero attached hydrogens (tertiary/aromatic N) is 1. The lowest BCUT2D eigenvalue weighted by molar-refractivity contribution is 0.786. The summed E-state index contributed by atoms with van der Waals surface area (Å²) in [7, 11) is 0. The minimum absolute atomic E-state index is 0.666. The molecule has 0 amide bonds. The van der Waals surface area contributed by atoms with Gasteiger partial charge in [0, 0.05) is 25.3 Å². The van der Waals surface area contributed by atoms with E-state index >= 15 is 0 Å². The van der Waals surface area contributed by atoms with Crippen molar-refractivity contribution in [2.75, 3.05) is 18.0 Å². The molecule has 0 saturated heterocycles. The summed E-state index contributed by atoms with van der Waals surface area (Å²) < 4.78 is 0. The number of benzene rings is 2. The zero-order valence-electron chi connectivity index (χ0n) is 12.7. The van der Waals surface area contributed by atoms with Gasteiger partial charge in [0.2, 0.25) is 0 Å². The van der Waals surface area contributed by atoms with Crippen LogP contribution in [0.5, 0.6) is 0 Å². The zero-order valence-corrected chi connectivity index (χ0v) is 12.7. The van der Waals surface area contributed by atoms with Crippen molar-refractivity contribution in [3.8, 4) is 0 Å². The second-order valence-corrected chi connectivity index (χ2v) is 5.49. The summed E-state index contributed by atoms with van der Waals surface area (Å²) in [5.41, 5.74) is 12.3. The van der Waals surface area contributed by atoms with Crippen LogP contribution < -0.4 is 10.6 Å². The number of hydrogen-bond donors (Lipinski definition) is 1. The molecule has 0 saturated carbocycles. The molecule has 2 heteroatoms. The van der Waals surface area contributed by atoms with Gasteiger partial charge in [0.05, 0.1) is 0 Å². The third-order valence-corrected chi connectivity index (χ3v) is 3.56. The normalized spacial score (nSPS) is 10.6. The molecule has 0 bridgehead atoms. The molecule has 0 fully saturated rings. The largest absolute Gasteiger partial charge is 0.366 e. The smallest absolute Gasteiger partial charge is 0.0430 e. The first-order chi connectivity index (χ1) is 9.60. The molecular formula is C18H24N2. The lowest BCUT2D eigenvalue weighted by atomic mass is 10.1. The second-order valence-electron chi connectivity index (χ2n) is 5.49. The Morgan fingerprint density at radius 2 is 1.70 bits per heavy atom. The van der Waals surface area contributed by atoms with Crippen molar-refractivity contribution in [1.82, 2.24) is 0 Å². The van der Waals surface area contributed by atoms with E-state index in [1.165, 1.54) is 27.9 Å². The summed E-state index contributed by atoms with van der Waals surface area (Å²) in [5.74, 6) is 0. The average Bonchev–Trinajstić information content (AvgIpc) is 2.41. The van der Waals surface area contributed by atoms with Crippen LogP contribution in [0, 0.1) is 20.8 Å². The van der Waals surface area contributed by atoms with Gasteiger partial charge in [0.15, 0.2) is 0 Å². The fourth-order valence-electron chi connectivity index (χ4n) is 2.53. The Hall–Kier alpha value is -1.80. The van der Waals surface area contributed by atoms with E-state index in [0.29, 0.717) is 6.54 Å². The van der Waals surface area contributed by atoms with Crippen LogP contribution in [-0.2, 0) is 6.54 Å². The lowest BCUT2D eigenvalue weighted by Crippen LogP contribution is -2.29. The maximum atomic E-state index is 5.80. The van der Waals surface area contributed by atoms with E-state index in [1.807, 2.05) is 0 Å². The van der Waals surface area contributed by atoms with E-state index < -0.39 is 0 Å². The first kappa shape index (κ1) is 14.6. The number of hydrogen-bond acceptors (Lipinski definition) is 2. The van der Waals surface area contributed by atoms with Crippen LogP contribution >= 0.6 is 0 Å². The summed E-state index contributed by atoms with van der Waals surface area (Å²) in [4.78, 5) is 2.37. The Labute approximate surface area is 122 Å². The predicted octanol–water partition coefficient (Wildman–Crippen LogP) is 3.58. The van der Waals surface area contributed by atoms with Crippen LogP contribution in [-0.4, -0.2) is 13.1 Å². The van der Waals surface area contributed by atoms with Crippen LogP contribution in [0.2, 0.25) is 0 Å². The summed E-state index contributed by atoms with van der Waals surface area (Å²) >= 11 is 0. The summed E-state index contributed by atoms with van der Waals surface area (Å²) in [6, 6.07) is 15.3. The molecule has 0 radical (unpaired) electrons. The second kappa shape index (κ2) is 6.58. The van der Waals surface area contributed by atoms with E-state index in [1.54, 1.807) is 0 Å². The fourth-order valence-corrected chi connectivity index (χ4v) is 2.53. The molecule has 2 aromatic carbocycles. The molecule has 2 N–H and O–H groups in total. The SMILES string of the molecule is Cc1cccc(CN(CCN)c2cc(C)ccc2C)c1. The van der Waals surface area contributed by atoms with Crippen molar-refractivity contribution in [2.24, 2.45) is 5.73 Å². The Morgan fingerprint density at radius 3 is 2.40 bits per heavy atom. The van der Waals surface area contributed by atoms with Gasteiger partial charge >= 0.3 is 0 Å². The van der Waals surface area contributed by atoms with Crippen molar-refractivity contribution in [3.63, 3.8) is 0 Å². The van der Waals surface area contributed by atoms with Crippen molar-refractivity contribution >= 4 is 5.69 Å². The van der Waals surface area contributed by atoms with Gasteiger partial charge < -0.3 is 10.6 Å². The van der Waals surface area contributed by atoms with Crippen LogP contribution in [0.15, 0.2) is 42.5 Å². The standard InChI is InChI=1S/C18H24N2/c1-14-5-4-6-17(11-14)13-20(10-9-19)18-12-15(2)7-8-16(18)3/h4-8,11-12H,9-10,13,19H2,1-3H3. The number of nitrogens with two attached hydrogens (primary N) is 1. The quantitative estimate of drug-likeness (QED) is 0.898.